The molecule has 0 aliphatic heterocycles. The maximum Gasteiger partial charge on any atom is 0.222 e. The highest BCUT2D eigenvalue weighted by Gasteiger charge is 2.21. The molecule has 0 aromatic carbocycles. The molecular weight excluding hydrogens is 162 g/mol. The molecule has 13 heavy (non-hydrogen) atoms. The average Bonchev–Trinajstić information content (AvgIpc) is 1.99. The topological polar surface area (TPSA) is 29.1 Å². The molecule has 0 rings (SSSR count). The Morgan fingerprint density at radius 1 is 1.46 bits per heavy atom. The number of rotatable bonds is 3. The van der Waals surface area contributed by atoms with Gasteiger partial charge in [-0.1, -0.05) is 26.7 Å². The average molecular weight is 181 g/mol. The predicted octanol–water partition coefficient (Wildman–Crippen LogP) is 1.60. The van der Waals surface area contributed by atoms with Crippen molar-refractivity contribution in [3.8, 4) is 11.8 Å². The van der Waals surface area contributed by atoms with Crippen LogP contribution in [0.2, 0.25) is 0 Å². The Labute approximate surface area is 81.1 Å². The summed E-state index contributed by atoms with van der Waals surface area (Å²) in [4.78, 5) is 11.4. The third-order valence-electron chi connectivity index (χ3n) is 1.73. The fourth-order valence-electron chi connectivity index (χ4n) is 1.15. The van der Waals surface area contributed by atoms with E-state index in [1.165, 1.54) is 0 Å². The Kier molecular flexibility index (Phi) is 4.72. The summed E-state index contributed by atoms with van der Waals surface area (Å²) in [7, 11) is 1.80. The molecule has 0 spiro atoms. The van der Waals surface area contributed by atoms with Gasteiger partial charge >= 0.3 is 0 Å². The van der Waals surface area contributed by atoms with Gasteiger partial charge < -0.3 is 5.32 Å². The summed E-state index contributed by atoms with van der Waals surface area (Å²) < 4.78 is 0. The molecule has 0 aromatic rings. The lowest BCUT2D eigenvalue weighted by atomic mass is 9.87. The molecule has 0 saturated heterocycles. The van der Waals surface area contributed by atoms with E-state index in [0.717, 1.165) is 6.42 Å². The van der Waals surface area contributed by atoms with Crippen molar-refractivity contribution in [3.05, 3.63) is 0 Å². The van der Waals surface area contributed by atoms with Crippen LogP contribution in [0.5, 0.6) is 0 Å². The second kappa shape index (κ2) is 5.04. The molecule has 1 atom stereocenters. The lowest BCUT2D eigenvalue weighted by Crippen LogP contribution is -2.36. The van der Waals surface area contributed by atoms with E-state index in [1.807, 2.05) is 0 Å². The van der Waals surface area contributed by atoms with Gasteiger partial charge in [-0.05, 0) is 31.7 Å². The van der Waals surface area contributed by atoms with Gasteiger partial charge in [-0.2, -0.15) is 0 Å². The monoisotopic (exact) mass is 181 g/mol. The molecule has 1 N–H and O–H groups in total. The van der Waals surface area contributed by atoms with Crippen molar-refractivity contribution in [3.63, 3.8) is 0 Å². The fourth-order valence-corrected chi connectivity index (χ4v) is 1.15. The Morgan fingerprint density at radius 2 is 2.00 bits per heavy atom. The largest absolute Gasteiger partial charge is 0.310 e. The minimum atomic E-state index is -0.132. The first kappa shape index (κ1) is 12.2. The van der Waals surface area contributed by atoms with Crippen LogP contribution in [0.3, 0.4) is 0 Å². The first-order valence-corrected chi connectivity index (χ1v) is 4.54. The summed E-state index contributed by atoms with van der Waals surface area (Å²) in [5, 5.41) is 2.99. The molecule has 0 aromatic heterocycles. The molecule has 0 fully saturated rings. The second-order valence-electron chi connectivity index (χ2n) is 4.35. The highest BCUT2D eigenvalue weighted by Crippen LogP contribution is 2.20. The van der Waals surface area contributed by atoms with Crippen LogP contribution in [0.15, 0.2) is 0 Å². The molecule has 0 aliphatic carbocycles. The van der Waals surface area contributed by atoms with Crippen molar-refractivity contribution in [2.75, 3.05) is 7.05 Å². The smallest absolute Gasteiger partial charge is 0.222 e. The van der Waals surface area contributed by atoms with E-state index in [1.54, 1.807) is 14.0 Å². The van der Waals surface area contributed by atoms with Gasteiger partial charge in [0.1, 0.15) is 0 Å². The molecule has 1 unspecified atom stereocenters. The van der Waals surface area contributed by atoms with Crippen molar-refractivity contribution in [1.29, 1.82) is 0 Å². The first-order valence-electron chi connectivity index (χ1n) is 4.54. The number of likely N-dealkylation sites (N-methyl/N-ethyl adjacent to an activating group) is 1. The highest BCUT2D eigenvalue weighted by molar-refractivity contribution is 5.99. The van der Waals surface area contributed by atoms with Crippen LogP contribution >= 0.6 is 0 Å². The number of carbonyl (C=O) groups excluding carboxylic acids is 1. The van der Waals surface area contributed by atoms with Crippen molar-refractivity contribution < 1.29 is 4.79 Å². The van der Waals surface area contributed by atoms with Gasteiger partial charge in [0.15, 0.2) is 0 Å². The standard InChI is InChI=1S/C11H19NO/c1-6-7-10(13)9(12-5)8-11(2,3)4/h9,12H,8H2,1-5H3. The van der Waals surface area contributed by atoms with Crippen LogP contribution < -0.4 is 5.32 Å². The number of Topliss-reactive ketones (excluding diaryl/α,β-unsaturated/α-hetero) is 1. The summed E-state index contributed by atoms with van der Waals surface area (Å²) in [6, 6.07) is -0.132. The van der Waals surface area contributed by atoms with Gasteiger partial charge in [0.05, 0.1) is 6.04 Å². The van der Waals surface area contributed by atoms with Gasteiger partial charge in [-0.3, -0.25) is 4.79 Å². The van der Waals surface area contributed by atoms with Crippen LogP contribution in [-0.4, -0.2) is 18.9 Å². The van der Waals surface area contributed by atoms with E-state index in [-0.39, 0.29) is 17.2 Å². The van der Waals surface area contributed by atoms with Gasteiger partial charge in [0, 0.05) is 0 Å². The molecule has 74 valence electrons. The molecule has 0 saturated carbocycles. The van der Waals surface area contributed by atoms with Gasteiger partial charge in [-0.25, -0.2) is 0 Å². The van der Waals surface area contributed by atoms with Crippen LogP contribution in [-0.2, 0) is 4.79 Å². The number of carbonyl (C=O) groups is 1. The summed E-state index contributed by atoms with van der Waals surface area (Å²) in [5.74, 6) is 5.18. The van der Waals surface area contributed by atoms with E-state index >= 15 is 0 Å². The molecule has 2 nitrogen and oxygen atoms in total. The predicted molar refractivity (Wildman–Crippen MR) is 55.4 cm³/mol. The number of nitrogens with one attached hydrogen (secondary N) is 1. The fraction of sp³-hybridized carbons (Fsp3) is 0.727. The van der Waals surface area contributed by atoms with Crippen molar-refractivity contribution >= 4 is 5.78 Å². The van der Waals surface area contributed by atoms with E-state index in [9.17, 15) is 4.79 Å². The maximum atomic E-state index is 11.4. The Balaban J connectivity index is 4.32. The molecular formula is C11H19NO. The third-order valence-corrected chi connectivity index (χ3v) is 1.73. The van der Waals surface area contributed by atoms with E-state index in [2.05, 4.69) is 37.9 Å². The number of ketones is 1. The minimum absolute atomic E-state index is 0.0140. The minimum Gasteiger partial charge on any atom is -0.310 e. The summed E-state index contributed by atoms with van der Waals surface area (Å²) in [5.41, 5.74) is 0.152. The molecule has 0 aliphatic rings. The summed E-state index contributed by atoms with van der Waals surface area (Å²) >= 11 is 0. The Morgan fingerprint density at radius 3 is 2.31 bits per heavy atom. The Bertz CT molecular complexity index is 227. The van der Waals surface area contributed by atoms with Crippen LogP contribution in [0.1, 0.15) is 34.1 Å². The zero-order valence-electron chi connectivity index (χ0n) is 9.19. The van der Waals surface area contributed by atoms with Crippen LogP contribution in [0.25, 0.3) is 0 Å². The SMILES string of the molecule is CC#CC(=O)C(CC(C)(C)C)NC. The maximum absolute atomic E-state index is 11.4. The molecule has 2 heteroatoms. The van der Waals surface area contributed by atoms with Crippen molar-refractivity contribution in [2.45, 2.75) is 40.2 Å². The van der Waals surface area contributed by atoms with E-state index < -0.39 is 0 Å². The lowest BCUT2D eigenvalue weighted by molar-refractivity contribution is -0.116. The number of hydrogen-bond acceptors (Lipinski definition) is 2. The highest BCUT2D eigenvalue weighted by atomic mass is 16.1. The normalized spacial score (nSPS) is 13.0. The quantitative estimate of drug-likeness (QED) is 0.529. The third kappa shape index (κ3) is 5.43. The van der Waals surface area contributed by atoms with Crippen LogP contribution in [0.4, 0.5) is 0 Å². The molecule has 0 radical (unpaired) electrons. The zero-order chi connectivity index (χ0) is 10.5. The van der Waals surface area contributed by atoms with Crippen molar-refractivity contribution in [1.82, 2.24) is 5.32 Å². The molecule has 0 bridgehead atoms. The van der Waals surface area contributed by atoms with Gasteiger partial charge in [0.25, 0.3) is 0 Å². The first-order chi connectivity index (χ1) is 5.90. The zero-order valence-corrected chi connectivity index (χ0v) is 9.19. The molecule has 0 heterocycles. The lowest BCUT2D eigenvalue weighted by Gasteiger charge is -2.23. The van der Waals surface area contributed by atoms with E-state index in [0.29, 0.717) is 0 Å². The van der Waals surface area contributed by atoms with Gasteiger partial charge in [0.2, 0.25) is 5.78 Å². The molecule has 0 amide bonds. The van der Waals surface area contributed by atoms with Crippen molar-refractivity contribution in [2.24, 2.45) is 5.41 Å². The van der Waals surface area contributed by atoms with E-state index in [4.69, 9.17) is 0 Å². The summed E-state index contributed by atoms with van der Waals surface area (Å²) in [6.07, 6.45) is 0.816. The Hall–Kier alpha value is -0.810. The summed E-state index contributed by atoms with van der Waals surface area (Å²) in [6.45, 7) is 8.03. The second-order valence-corrected chi connectivity index (χ2v) is 4.35. The number of hydrogen-bond donors (Lipinski definition) is 1. The van der Waals surface area contributed by atoms with Crippen LogP contribution in [0, 0.1) is 17.3 Å². The van der Waals surface area contributed by atoms with Gasteiger partial charge in [-0.15, -0.1) is 0 Å².